The molecule has 2 heterocycles. The highest BCUT2D eigenvalue weighted by atomic mass is 79.9. The summed E-state index contributed by atoms with van der Waals surface area (Å²) in [5.74, 6) is 0.695. The number of nitrogens with zero attached hydrogens (tertiary/aromatic N) is 2. The molecule has 0 amide bonds. The molecule has 0 unspecified atom stereocenters. The zero-order valence-electron chi connectivity index (χ0n) is 12.8. The summed E-state index contributed by atoms with van der Waals surface area (Å²) in [5, 5.41) is 3.25. The zero-order valence-corrected chi connectivity index (χ0v) is 16.0. The summed E-state index contributed by atoms with van der Waals surface area (Å²) in [6.45, 7) is 0.329. The molecule has 0 spiro atoms. The van der Waals surface area contributed by atoms with Gasteiger partial charge in [0.25, 0.3) is 0 Å². The van der Waals surface area contributed by atoms with Gasteiger partial charge in [0.05, 0.1) is 12.1 Å². The van der Waals surface area contributed by atoms with Crippen LogP contribution < -0.4 is 9.47 Å². The molecule has 2 aromatic heterocycles. The van der Waals surface area contributed by atoms with E-state index in [1.165, 1.54) is 11.3 Å². The summed E-state index contributed by atoms with van der Waals surface area (Å²) in [5.41, 5.74) is 0.643. The molecule has 0 fully saturated rings. The molecule has 128 valence electrons. The van der Waals surface area contributed by atoms with Crippen LogP contribution in [-0.2, 0) is 17.8 Å². The molecule has 3 rings (SSSR count). The van der Waals surface area contributed by atoms with Crippen molar-refractivity contribution in [1.82, 2.24) is 9.97 Å². The van der Waals surface area contributed by atoms with Crippen molar-refractivity contribution in [2.24, 2.45) is 0 Å². The van der Waals surface area contributed by atoms with E-state index in [1.807, 2.05) is 5.38 Å². The molecule has 0 aliphatic heterocycles. The monoisotopic (exact) mass is 438 g/mol. The molecule has 1 aromatic carbocycles. The largest absolute Gasteiger partial charge is 0.486 e. The maximum Gasteiger partial charge on any atom is 0.317 e. The topological polar surface area (TPSA) is 61.3 Å². The zero-order chi connectivity index (χ0) is 17.6. The molecular formula is C17H12BrClN2O3S. The highest BCUT2D eigenvalue weighted by Gasteiger charge is 2.12. The first-order chi connectivity index (χ1) is 12.1. The minimum Gasteiger partial charge on any atom is -0.486 e. The minimum atomic E-state index is -0.399. The molecule has 0 aliphatic rings. The Bertz CT molecular complexity index is 870. The number of rotatable bonds is 6. The molecule has 25 heavy (non-hydrogen) atoms. The van der Waals surface area contributed by atoms with Crippen LogP contribution in [0, 0.1) is 0 Å². The Hall–Kier alpha value is -1.96. The fraction of sp³-hybridized carbons (Fsp3) is 0.118. The van der Waals surface area contributed by atoms with E-state index in [4.69, 9.17) is 21.1 Å². The predicted molar refractivity (Wildman–Crippen MR) is 99.2 cm³/mol. The van der Waals surface area contributed by atoms with Crippen molar-refractivity contribution in [3.63, 3.8) is 0 Å². The SMILES string of the molecule is O=C(Cc1csc(COc2ccc(Cl)cc2)n1)Oc1cccnc1Br. The lowest BCUT2D eigenvalue weighted by Crippen LogP contribution is -2.12. The molecule has 8 heteroatoms. The van der Waals surface area contributed by atoms with Gasteiger partial charge in [0, 0.05) is 16.6 Å². The highest BCUT2D eigenvalue weighted by Crippen LogP contribution is 2.22. The Morgan fingerprint density at radius 3 is 2.80 bits per heavy atom. The van der Waals surface area contributed by atoms with E-state index >= 15 is 0 Å². The Morgan fingerprint density at radius 1 is 1.24 bits per heavy atom. The third-order valence-corrected chi connectivity index (χ3v) is 4.77. The fourth-order valence-electron chi connectivity index (χ4n) is 1.93. The second-order valence-electron chi connectivity index (χ2n) is 4.92. The second kappa shape index (κ2) is 8.42. The average molecular weight is 440 g/mol. The standard InChI is InChI=1S/C17H12BrClN2O3S/c18-17-14(2-1-7-20-17)24-16(22)8-12-10-25-15(21-12)9-23-13-5-3-11(19)4-6-13/h1-7,10H,8-9H2. The number of esters is 1. The third-order valence-electron chi connectivity index (χ3n) is 3.05. The number of carbonyl (C=O) groups is 1. The highest BCUT2D eigenvalue weighted by molar-refractivity contribution is 9.10. The minimum absolute atomic E-state index is 0.0821. The van der Waals surface area contributed by atoms with Crippen molar-refractivity contribution in [1.29, 1.82) is 0 Å². The van der Waals surface area contributed by atoms with Crippen molar-refractivity contribution in [2.75, 3.05) is 0 Å². The molecule has 0 N–H and O–H groups in total. The molecule has 0 atom stereocenters. The Balaban J connectivity index is 1.53. The molecular weight excluding hydrogens is 428 g/mol. The van der Waals surface area contributed by atoms with E-state index in [-0.39, 0.29) is 6.42 Å². The summed E-state index contributed by atoms with van der Waals surface area (Å²) in [6, 6.07) is 10.5. The third kappa shape index (κ3) is 5.26. The average Bonchev–Trinajstić information content (AvgIpc) is 3.04. The number of ether oxygens (including phenoxy) is 2. The number of hydrogen-bond donors (Lipinski definition) is 0. The quantitative estimate of drug-likeness (QED) is 0.412. The first-order valence-electron chi connectivity index (χ1n) is 7.23. The fourth-order valence-corrected chi connectivity index (χ4v) is 3.09. The maximum absolute atomic E-state index is 12.0. The van der Waals surface area contributed by atoms with Gasteiger partial charge in [-0.2, -0.15) is 0 Å². The molecule has 0 saturated carbocycles. The Labute approximate surface area is 161 Å². The van der Waals surface area contributed by atoms with Crippen molar-refractivity contribution in [3.05, 3.63) is 68.3 Å². The molecule has 5 nitrogen and oxygen atoms in total. The molecule has 3 aromatic rings. The van der Waals surface area contributed by atoms with Gasteiger partial charge in [-0.3, -0.25) is 4.79 Å². The van der Waals surface area contributed by atoms with E-state index < -0.39 is 5.97 Å². The lowest BCUT2D eigenvalue weighted by Gasteiger charge is -2.04. The van der Waals surface area contributed by atoms with Crippen LogP contribution in [0.15, 0.2) is 52.6 Å². The van der Waals surface area contributed by atoms with Gasteiger partial charge in [-0.15, -0.1) is 11.3 Å². The van der Waals surface area contributed by atoms with Crippen LogP contribution in [0.4, 0.5) is 0 Å². The van der Waals surface area contributed by atoms with Crippen molar-refractivity contribution < 1.29 is 14.3 Å². The molecule has 0 bridgehead atoms. The maximum atomic E-state index is 12.0. The summed E-state index contributed by atoms with van der Waals surface area (Å²) in [4.78, 5) is 20.4. The number of aromatic nitrogens is 2. The second-order valence-corrected chi connectivity index (χ2v) is 7.05. The Morgan fingerprint density at radius 2 is 2.04 bits per heavy atom. The van der Waals surface area contributed by atoms with Crippen molar-refractivity contribution >= 4 is 44.8 Å². The van der Waals surface area contributed by atoms with Crippen LogP contribution in [0.3, 0.4) is 0 Å². The van der Waals surface area contributed by atoms with Gasteiger partial charge in [0.15, 0.2) is 5.75 Å². The first kappa shape index (κ1) is 17.8. The smallest absolute Gasteiger partial charge is 0.317 e. The normalized spacial score (nSPS) is 10.5. The van der Waals surface area contributed by atoms with Gasteiger partial charge in [0.2, 0.25) is 0 Å². The Kier molecular flexibility index (Phi) is 6.01. The van der Waals surface area contributed by atoms with Crippen LogP contribution >= 0.6 is 38.9 Å². The number of hydrogen-bond acceptors (Lipinski definition) is 6. The lowest BCUT2D eigenvalue weighted by atomic mass is 10.3. The predicted octanol–water partition coefficient (Wildman–Crippen LogP) is 4.68. The number of pyridine rings is 1. The molecule has 0 saturated heterocycles. The van der Waals surface area contributed by atoms with Gasteiger partial charge in [0.1, 0.15) is 22.0 Å². The van der Waals surface area contributed by atoms with Crippen LogP contribution in [0.25, 0.3) is 0 Å². The van der Waals surface area contributed by atoms with Crippen molar-refractivity contribution in [3.8, 4) is 11.5 Å². The summed E-state index contributed by atoms with van der Waals surface area (Å²) < 4.78 is 11.4. The van der Waals surface area contributed by atoms with Crippen molar-refractivity contribution in [2.45, 2.75) is 13.0 Å². The summed E-state index contributed by atoms with van der Waals surface area (Å²) in [7, 11) is 0. The number of thiazole rings is 1. The lowest BCUT2D eigenvalue weighted by molar-refractivity contribution is -0.133. The van der Waals surface area contributed by atoms with Gasteiger partial charge in [-0.1, -0.05) is 11.6 Å². The van der Waals surface area contributed by atoms with Gasteiger partial charge < -0.3 is 9.47 Å². The van der Waals surface area contributed by atoms with Gasteiger partial charge >= 0.3 is 5.97 Å². The number of carbonyl (C=O) groups excluding carboxylic acids is 1. The van der Waals surface area contributed by atoms with E-state index in [0.717, 1.165) is 5.01 Å². The summed E-state index contributed by atoms with van der Waals surface area (Å²) >= 11 is 10.5. The van der Waals surface area contributed by atoms with Crippen LogP contribution in [0.5, 0.6) is 11.5 Å². The van der Waals surface area contributed by atoms with E-state index in [9.17, 15) is 4.79 Å². The van der Waals surface area contributed by atoms with Gasteiger partial charge in [-0.25, -0.2) is 9.97 Å². The van der Waals surface area contributed by atoms with Crippen LogP contribution in [-0.4, -0.2) is 15.9 Å². The molecule has 0 aliphatic carbocycles. The van der Waals surface area contributed by atoms with Crippen LogP contribution in [0.2, 0.25) is 5.02 Å². The first-order valence-corrected chi connectivity index (χ1v) is 9.28. The van der Waals surface area contributed by atoms with Gasteiger partial charge in [-0.05, 0) is 52.3 Å². The van der Waals surface area contributed by atoms with Crippen LogP contribution in [0.1, 0.15) is 10.7 Å². The van der Waals surface area contributed by atoms with E-state index in [2.05, 4.69) is 25.9 Å². The molecule has 0 radical (unpaired) electrons. The number of benzene rings is 1. The van der Waals surface area contributed by atoms with E-state index in [0.29, 0.717) is 33.4 Å². The van der Waals surface area contributed by atoms with E-state index in [1.54, 1.807) is 42.6 Å². The summed E-state index contributed by atoms with van der Waals surface area (Å²) in [6.07, 6.45) is 1.69. The number of halogens is 2.